The quantitative estimate of drug-likeness (QED) is 0.571. The number of halogens is 2. The number of aromatic nitrogens is 1. The lowest BCUT2D eigenvalue weighted by Crippen LogP contribution is -2.09. The summed E-state index contributed by atoms with van der Waals surface area (Å²) in [6.45, 7) is 0. The smallest absolute Gasteiger partial charge is 0.253 e. The molecule has 2 nitrogen and oxygen atoms in total. The molecule has 0 amide bonds. The number of H-pyrrole nitrogens is 1. The number of aromatic amines is 1. The molecular formula is C6H5BrClNO. The lowest BCUT2D eigenvalue weighted by Gasteiger charge is -1.92. The van der Waals surface area contributed by atoms with Gasteiger partial charge in [-0.15, -0.1) is 11.6 Å². The van der Waals surface area contributed by atoms with E-state index in [1.165, 1.54) is 0 Å². The van der Waals surface area contributed by atoms with Gasteiger partial charge in [0, 0.05) is 5.56 Å². The molecule has 0 saturated carbocycles. The molecular weight excluding hydrogens is 217 g/mol. The number of rotatable bonds is 1. The van der Waals surface area contributed by atoms with Gasteiger partial charge in [-0.2, -0.15) is 0 Å². The molecule has 1 heterocycles. The van der Waals surface area contributed by atoms with Gasteiger partial charge in [-0.1, -0.05) is 0 Å². The van der Waals surface area contributed by atoms with Crippen LogP contribution < -0.4 is 5.56 Å². The Balaban J connectivity index is 3.20. The number of alkyl halides is 1. The normalized spacial score (nSPS) is 9.80. The van der Waals surface area contributed by atoms with Crippen molar-refractivity contribution in [1.29, 1.82) is 0 Å². The third kappa shape index (κ3) is 1.61. The first-order valence-corrected chi connectivity index (χ1v) is 4.00. The van der Waals surface area contributed by atoms with Gasteiger partial charge in [0.2, 0.25) is 0 Å². The summed E-state index contributed by atoms with van der Waals surface area (Å²) in [5.74, 6) is 0.253. The second-order valence-electron chi connectivity index (χ2n) is 1.79. The molecule has 1 rings (SSSR count). The molecule has 0 unspecified atom stereocenters. The highest BCUT2D eigenvalue weighted by atomic mass is 79.9. The topological polar surface area (TPSA) is 32.9 Å². The van der Waals surface area contributed by atoms with Crippen molar-refractivity contribution in [3.63, 3.8) is 0 Å². The van der Waals surface area contributed by atoms with Crippen LogP contribution in [0.5, 0.6) is 0 Å². The fraction of sp³-hybridized carbons (Fsp3) is 0.167. The molecule has 0 spiro atoms. The summed E-state index contributed by atoms with van der Waals surface area (Å²) >= 11 is 8.58. The molecule has 0 aliphatic carbocycles. The van der Waals surface area contributed by atoms with E-state index in [-0.39, 0.29) is 11.4 Å². The molecule has 54 valence electrons. The van der Waals surface area contributed by atoms with Crippen LogP contribution in [0.1, 0.15) is 5.56 Å². The van der Waals surface area contributed by atoms with Gasteiger partial charge < -0.3 is 4.98 Å². The van der Waals surface area contributed by atoms with E-state index in [4.69, 9.17) is 11.6 Å². The van der Waals surface area contributed by atoms with E-state index >= 15 is 0 Å². The fourth-order valence-electron chi connectivity index (χ4n) is 0.585. The standard InChI is InChI=1S/C6H5BrClNO/c7-5-2-1-4(3-8)6(10)9-5/h1-2H,3H2,(H,9,10). The Kier molecular flexibility index (Phi) is 2.51. The number of pyridine rings is 1. The van der Waals surface area contributed by atoms with Crippen LogP contribution in [-0.4, -0.2) is 4.98 Å². The summed E-state index contributed by atoms with van der Waals surface area (Å²) in [5.41, 5.74) is 0.453. The van der Waals surface area contributed by atoms with Gasteiger partial charge in [0.05, 0.1) is 10.5 Å². The van der Waals surface area contributed by atoms with Crippen molar-refractivity contribution in [3.05, 3.63) is 32.7 Å². The Hall–Kier alpha value is -0.280. The van der Waals surface area contributed by atoms with E-state index in [1.807, 2.05) is 0 Å². The number of hydrogen-bond acceptors (Lipinski definition) is 1. The molecule has 10 heavy (non-hydrogen) atoms. The Labute approximate surface area is 71.3 Å². The number of nitrogens with one attached hydrogen (secondary N) is 1. The van der Waals surface area contributed by atoms with Crippen LogP contribution in [-0.2, 0) is 5.88 Å². The molecule has 1 aromatic rings. The van der Waals surface area contributed by atoms with Crippen LogP contribution in [0.25, 0.3) is 0 Å². The largest absolute Gasteiger partial charge is 0.316 e. The maximum absolute atomic E-state index is 10.9. The number of hydrogen-bond donors (Lipinski definition) is 1. The average molecular weight is 222 g/mol. The molecule has 0 aliphatic heterocycles. The van der Waals surface area contributed by atoms with Gasteiger partial charge in [-0.3, -0.25) is 4.79 Å². The van der Waals surface area contributed by atoms with E-state index in [2.05, 4.69) is 20.9 Å². The van der Waals surface area contributed by atoms with E-state index < -0.39 is 0 Å². The molecule has 0 aliphatic rings. The SMILES string of the molecule is O=c1[nH]c(Br)ccc1CCl. The molecule has 4 heteroatoms. The third-order valence-corrected chi connectivity index (χ3v) is 1.85. The highest BCUT2D eigenvalue weighted by Crippen LogP contribution is 2.03. The molecule has 0 fully saturated rings. The van der Waals surface area contributed by atoms with Crippen LogP contribution in [0.3, 0.4) is 0 Å². The first-order valence-electron chi connectivity index (χ1n) is 2.67. The van der Waals surface area contributed by atoms with Gasteiger partial charge in [-0.25, -0.2) is 0 Å². The molecule has 0 bridgehead atoms. The van der Waals surface area contributed by atoms with E-state index in [1.54, 1.807) is 12.1 Å². The summed E-state index contributed by atoms with van der Waals surface area (Å²) in [6.07, 6.45) is 0. The maximum atomic E-state index is 10.9. The molecule has 0 aromatic carbocycles. The summed E-state index contributed by atoms with van der Waals surface area (Å²) in [7, 11) is 0. The van der Waals surface area contributed by atoms with Crippen molar-refractivity contribution in [2.45, 2.75) is 5.88 Å². The van der Waals surface area contributed by atoms with Crippen LogP contribution in [0.2, 0.25) is 0 Å². The predicted molar refractivity (Wildman–Crippen MR) is 44.3 cm³/mol. The third-order valence-electron chi connectivity index (χ3n) is 1.10. The summed E-state index contributed by atoms with van der Waals surface area (Å²) in [6, 6.07) is 3.44. The first-order chi connectivity index (χ1) is 4.74. The summed E-state index contributed by atoms with van der Waals surface area (Å²) in [4.78, 5) is 13.5. The Morgan fingerprint density at radius 3 is 2.80 bits per heavy atom. The van der Waals surface area contributed by atoms with Crippen LogP contribution >= 0.6 is 27.5 Å². The second kappa shape index (κ2) is 3.21. The Morgan fingerprint density at radius 1 is 1.60 bits per heavy atom. The first kappa shape index (κ1) is 7.82. The highest BCUT2D eigenvalue weighted by Gasteiger charge is 1.95. The average Bonchev–Trinajstić information content (AvgIpc) is 1.88. The maximum Gasteiger partial charge on any atom is 0.253 e. The minimum absolute atomic E-state index is 0.135. The molecule has 0 atom stereocenters. The van der Waals surface area contributed by atoms with E-state index in [0.717, 1.165) is 0 Å². The van der Waals surface area contributed by atoms with Crippen molar-refractivity contribution in [3.8, 4) is 0 Å². The molecule has 0 saturated heterocycles. The van der Waals surface area contributed by atoms with Gasteiger partial charge >= 0.3 is 0 Å². The zero-order valence-electron chi connectivity index (χ0n) is 5.03. The van der Waals surface area contributed by atoms with Crippen molar-refractivity contribution in [2.24, 2.45) is 0 Å². The summed E-state index contributed by atoms with van der Waals surface area (Å²) in [5, 5.41) is 0. The fourth-order valence-corrected chi connectivity index (χ4v) is 1.11. The van der Waals surface area contributed by atoms with Crippen LogP contribution in [0.15, 0.2) is 21.5 Å². The van der Waals surface area contributed by atoms with Crippen LogP contribution in [0, 0.1) is 0 Å². The van der Waals surface area contributed by atoms with Gasteiger partial charge in [0.25, 0.3) is 5.56 Å². The van der Waals surface area contributed by atoms with Gasteiger partial charge in [-0.05, 0) is 28.1 Å². The zero-order chi connectivity index (χ0) is 7.56. The van der Waals surface area contributed by atoms with Crippen molar-refractivity contribution >= 4 is 27.5 Å². The Morgan fingerprint density at radius 2 is 2.30 bits per heavy atom. The van der Waals surface area contributed by atoms with Gasteiger partial charge in [0.15, 0.2) is 0 Å². The second-order valence-corrected chi connectivity index (χ2v) is 2.92. The lowest BCUT2D eigenvalue weighted by molar-refractivity contribution is 1.13. The Bertz CT molecular complexity index is 283. The highest BCUT2D eigenvalue weighted by molar-refractivity contribution is 9.10. The van der Waals surface area contributed by atoms with Gasteiger partial charge in [0.1, 0.15) is 0 Å². The molecule has 1 N–H and O–H groups in total. The lowest BCUT2D eigenvalue weighted by atomic mass is 10.3. The predicted octanol–water partition coefficient (Wildman–Crippen LogP) is 1.88. The van der Waals surface area contributed by atoms with Crippen LogP contribution in [0.4, 0.5) is 0 Å². The monoisotopic (exact) mass is 221 g/mol. The van der Waals surface area contributed by atoms with E-state index in [9.17, 15) is 4.79 Å². The zero-order valence-corrected chi connectivity index (χ0v) is 7.37. The van der Waals surface area contributed by atoms with Crippen molar-refractivity contribution in [2.75, 3.05) is 0 Å². The van der Waals surface area contributed by atoms with Crippen molar-refractivity contribution < 1.29 is 0 Å². The van der Waals surface area contributed by atoms with Crippen molar-refractivity contribution in [1.82, 2.24) is 4.98 Å². The minimum Gasteiger partial charge on any atom is -0.316 e. The summed E-state index contributed by atoms with van der Waals surface area (Å²) < 4.78 is 0.673. The molecule has 1 aromatic heterocycles. The minimum atomic E-state index is -0.135. The van der Waals surface area contributed by atoms with E-state index in [0.29, 0.717) is 10.2 Å². The molecule has 0 radical (unpaired) electrons.